The van der Waals surface area contributed by atoms with Crippen molar-refractivity contribution < 1.29 is 14.3 Å². The van der Waals surface area contributed by atoms with Gasteiger partial charge in [0.05, 0.1) is 18.1 Å². The van der Waals surface area contributed by atoms with E-state index in [4.69, 9.17) is 15.2 Å². The van der Waals surface area contributed by atoms with Crippen LogP contribution in [0, 0.1) is 11.3 Å². The number of nitrogens with zero attached hydrogens (tertiary/aromatic N) is 2. The number of nitriles is 1. The molecule has 0 spiro atoms. The molecule has 0 amide bonds. The van der Waals surface area contributed by atoms with E-state index in [1.165, 1.54) is 37.7 Å². The number of ether oxygens (including phenoxy) is 2. The lowest BCUT2D eigenvalue weighted by molar-refractivity contribution is -0.139. The van der Waals surface area contributed by atoms with E-state index in [1.807, 2.05) is 12.1 Å². The summed E-state index contributed by atoms with van der Waals surface area (Å²) in [4.78, 5) is 15.0. The highest BCUT2D eigenvalue weighted by molar-refractivity contribution is 5.92. The molecule has 1 aromatic rings. The third-order valence-corrected chi connectivity index (χ3v) is 6.04. The van der Waals surface area contributed by atoms with E-state index >= 15 is 0 Å². The van der Waals surface area contributed by atoms with Crippen molar-refractivity contribution in [1.29, 1.82) is 5.26 Å². The van der Waals surface area contributed by atoms with Crippen molar-refractivity contribution in [3.8, 4) is 6.07 Å². The van der Waals surface area contributed by atoms with Crippen molar-refractivity contribution in [2.75, 3.05) is 13.7 Å². The Labute approximate surface area is 178 Å². The third-order valence-electron chi connectivity index (χ3n) is 6.04. The highest BCUT2D eigenvalue weighted by atomic mass is 16.5. The molecule has 0 radical (unpaired) electrons. The van der Waals surface area contributed by atoms with Crippen LogP contribution in [0.2, 0.25) is 0 Å². The number of hydrogen-bond donors (Lipinski definition) is 1. The van der Waals surface area contributed by atoms with E-state index in [0.29, 0.717) is 17.4 Å². The Morgan fingerprint density at radius 1 is 1.27 bits per heavy atom. The zero-order chi connectivity index (χ0) is 21.7. The van der Waals surface area contributed by atoms with Crippen LogP contribution in [0.1, 0.15) is 63.0 Å². The number of rotatable bonds is 6. The monoisotopic (exact) mass is 409 g/mol. The number of nitrogens with two attached hydrogens (primary N) is 1. The van der Waals surface area contributed by atoms with Crippen molar-refractivity contribution in [2.24, 2.45) is 5.73 Å². The van der Waals surface area contributed by atoms with Crippen molar-refractivity contribution in [1.82, 2.24) is 4.90 Å². The lowest BCUT2D eigenvalue weighted by Crippen LogP contribution is -2.32. The fourth-order valence-corrected chi connectivity index (χ4v) is 4.44. The van der Waals surface area contributed by atoms with E-state index in [2.05, 4.69) is 30.1 Å². The number of hydrogen-bond acceptors (Lipinski definition) is 6. The van der Waals surface area contributed by atoms with Crippen LogP contribution < -0.4 is 5.73 Å². The summed E-state index contributed by atoms with van der Waals surface area (Å²) in [6.45, 7) is 4.55. The quantitative estimate of drug-likeness (QED) is 0.712. The van der Waals surface area contributed by atoms with Gasteiger partial charge in [0.25, 0.3) is 0 Å². The molecule has 1 aliphatic heterocycles. The standard InChI is InChI=1S/C24H31N3O3/c1-4-29-24(28)21-16(2)30-23(26)20(14-25)22(21)18-12-10-17(11-13-18)15-27(3)19-8-6-5-7-9-19/h10-13,19,22H,4-9,15,26H2,1-3H3. The van der Waals surface area contributed by atoms with Crippen molar-refractivity contribution in [3.05, 3.63) is 58.2 Å². The van der Waals surface area contributed by atoms with E-state index < -0.39 is 11.9 Å². The Kier molecular flexibility index (Phi) is 7.17. The average Bonchev–Trinajstić information content (AvgIpc) is 2.74. The molecular formula is C24H31N3O3. The first kappa shape index (κ1) is 21.9. The number of benzene rings is 1. The summed E-state index contributed by atoms with van der Waals surface area (Å²) in [6.07, 6.45) is 6.49. The molecule has 160 valence electrons. The molecule has 1 aromatic carbocycles. The van der Waals surface area contributed by atoms with Gasteiger partial charge >= 0.3 is 5.97 Å². The Bertz CT molecular complexity index is 874. The normalized spacial score (nSPS) is 20.2. The van der Waals surface area contributed by atoms with E-state index in [1.54, 1.807) is 13.8 Å². The first-order valence-corrected chi connectivity index (χ1v) is 10.7. The van der Waals surface area contributed by atoms with Crippen molar-refractivity contribution in [2.45, 2.75) is 64.5 Å². The van der Waals surface area contributed by atoms with Crippen LogP contribution in [0.25, 0.3) is 0 Å². The summed E-state index contributed by atoms with van der Waals surface area (Å²) in [6, 6.07) is 10.8. The topological polar surface area (TPSA) is 88.6 Å². The molecule has 1 atom stereocenters. The maximum Gasteiger partial charge on any atom is 0.338 e. The second kappa shape index (κ2) is 9.82. The summed E-state index contributed by atoms with van der Waals surface area (Å²) in [5, 5.41) is 9.68. The highest BCUT2D eigenvalue weighted by Gasteiger charge is 2.36. The Hall–Kier alpha value is -2.78. The summed E-state index contributed by atoms with van der Waals surface area (Å²) in [7, 11) is 2.19. The molecule has 2 aliphatic rings. The van der Waals surface area contributed by atoms with Crippen molar-refractivity contribution in [3.63, 3.8) is 0 Å². The van der Waals surface area contributed by atoms with Crippen LogP contribution in [-0.2, 0) is 20.8 Å². The molecule has 0 saturated heterocycles. The minimum absolute atomic E-state index is 0.0363. The first-order chi connectivity index (χ1) is 14.5. The molecule has 1 heterocycles. The van der Waals surface area contributed by atoms with Gasteiger partial charge < -0.3 is 15.2 Å². The summed E-state index contributed by atoms with van der Waals surface area (Å²) < 4.78 is 10.7. The predicted octanol–water partition coefficient (Wildman–Crippen LogP) is 4.10. The van der Waals surface area contributed by atoms with Crippen LogP contribution >= 0.6 is 0 Å². The molecule has 3 rings (SSSR count). The molecule has 1 fully saturated rings. The third kappa shape index (κ3) is 4.68. The first-order valence-electron chi connectivity index (χ1n) is 10.7. The van der Waals surface area contributed by atoms with Crippen LogP contribution in [0.15, 0.2) is 47.1 Å². The van der Waals surface area contributed by atoms with Crippen LogP contribution in [-0.4, -0.2) is 30.6 Å². The van der Waals surface area contributed by atoms with Crippen LogP contribution in [0.5, 0.6) is 0 Å². The van der Waals surface area contributed by atoms with E-state index in [9.17, 15) is 10.1 Å². The smallest absolute Gasteiger partial charge is 0.338 e. The fourth-order valence-electron chi connectivity index (χ4n) is 4.44. The Morgan fingerprint density at radius 2 is 1.93 bits per heavy atom. The number of carbonyl (C=O) groups excluding carboxylic acids is 1. The lowest BCUT2D eigenvalue weighted by Gasteiger charge is -2.31. The largest absolute Gasteiger partial charge is 0.463 e. The molecule has 6 nitrogen and oxygen atoms in total. The van der Waals surface area contributed by atoms with Gasteiger partial charge in [-0.1, -0.05) is 43.5 Å². The second-order valence-electron chi connectivity index (χ2n) is 8.06. The fraction of sp³-hybridized carbons (Fsp3) is 0.500. The molecule has 0 aromatic heterocycles. The number of allylic oxidation sites excluding steroid dienone is 2. The molecular weight excluding hydrogens is 378 g/mol. The Morgan fingerprint density at radius 3 is 2.53 bits per heavy atom. The van der Waals surface area contributed by atoms with E-state index in [0.717, 1.165) is 12.1 Å². The minimum Gasteiger partial charge on any atom is -0.463 e. The minimum atomic E-state index is -0.590. The van der Waals surface area contributed by atoms with Crippen molar-refractivity contribution >= 4 is 5.97 Å². The van der Waals surface area contributed by atoms with Gasteiger partial charge in [0, 0.05) is 12.6 Å². The number of esters is 1. The van der Waals surface area contributed by atoms with Gasteiger partial charge in [-0.05, 0) is 44.9 Å². The van der Waals surface area contributed by atoms with Gasteiger partial charge in [0.1, 0.15) is 17.4 Å². The van der Waals surface area contributed by atoms with Gasteiger partial charge in [0.15, 0.2) is 0 Å². The zero-order valence-corrected chi connectivity index (χ0v) is 18.1. The SMILES string of the molecule is CCOC(=O)C1=C(C)OC(N)=C(C#N)C1c1ccc(CN(C)C2CCCCC2)cc1. The molecule has 1 aliphatic carbocycles. The summed E-state index contributed by atoms with van der Waals surface area (Å²) in [5.41, 5.74) is 8.55. The predicted molar refractivity (Wildman–Crippen MR) is 115 cm³/mol. The number of carbonyl (C=O) groups is 1. The van der Waals surface area contributed by atoms with Crippen LogP contribution in [0.3, 0.4) is 0 Å². The molecule has 6 heteroatoms. The second-order valence-corrected chi connectivity index (χ2v) is 8.06. The highest BCUT2D eigenvalue weighted by Crippen LogP contribution is 2.39. The maximum atomic E-state index is 12.6. The average molecular weight is 410 g/mol. The summed E-state index contributed by atoms with van der Waals surface area (Å²) in [5.74, 6) is -0.667. The molecule has 1 unspecified atom stereocenters. The van der Waals surface area contributed by atoms with Crippen LogP contribution in [0.4, 0.5) is 0 Å². The molecule has 0 bridgehead atoms. The lowest BCUT2D eigenvalue weighted by atomic mass is 9.83. The molecule has 2 N–H and O–H groups in total. The summed E-state index contributed by atoms with van der Waals surface area (Å²) >= 11 is 0. The van der Waals surface area contributed by atoms with Gasteiger partial charge in [-0.15, -0.1) is 0 Å². The Balaban J connectivity index is 1.85. The molecule has 30 heavy (non-hydrogen) atoms. The van der Waals surface area contributed by atoms with Gasteiger partial charge in [-0.2, -0.15) is 5.26 Å². The maximum absolute atomic E-state index is 12.6. The van der Waals surface area contributed by atoms with Gasteiger partial charge in [-0.3, -0.25) is 4.90 Å². The van der Waals surface area contributed by atoms with Gasteiger partial charge in [0.2, 0.25) is 5.88 Å². The van der Waals surface area contributed by atoms with Gasteiger partial charge in [-0.25, -0.2) is 4.79 Å². The molecule has 1 saturated carbocycles. The zero-order valence-electron chi connectivity index (χ0n) is 18.1. The van der Waals surface area contributed by atoms with E-state index in [-0.39, 0.29) is 18.1 Å².